The van der Waals surface area contributed by atoms with Crippen LogP contribution < -0.4 is 0 Å². The zero-order valence-electron chi connectivity index (χ0n) is 20.7. The highest BCUT2D eigenvalue weighted by molar-refractivity contribution is 7.99. The summed E-state index contributed by atoms with van der Waals surface area (Å²) in [5, 5.41) is 18.8. The van der Waals surface area contributed by atoms with Gasteiger partial charge < -0.3 is 4.90 Å². The van der Waals surface area contributed by atoms with Crippen LogP contribution in [-0.4, -0.2) is 49.4 Å². The summed E-state index contributed by atoms with van der Waals surface area (Å²) in [4.78, 5) is 7.00. The van der Waals surface area contributed by atoms with E-state index in [1.807, 2.05) is 18.5 Å². The maximum Gasteiger partial charge on any atom is 0.158 e. The number of rotatable bonds is 5. The molecule has 4 aromatic rings. The van der Waals surface area contributed by atoms with Crippen LogP contribution in [0.4, 0.5) is 8.78 Å². The van der Waals surface area contributed by atoms with Gasteiger partial charge in [-0.1, -0.05) is 11.8 Å². The zero-order valence-corrected chi connectivity index (χ0v) is 21.5. The van der Waals surface area contributed by atoms with Gasteiger partial charge in [0.15, 0.2) is 5.82 Å². The Balaban J connectivity index is 1.54. The van der Waals surface area contributed by atoms with Crippen molar-refractivity contribution in [2.75, 3.05) is 14.1 Å². The molecule has 1 fully saturated rings. The fraction of sp³-hybridized carbons (Fsp3) is 0.385. The van der Waals surface area contributed by atoms with Gasteiger partial charge in [-0.05, 0) is 59.7 Å². The first-order valence-electron chi connectivity index (χ1n) is 11.9. The van der Waals surface area contributed by atoms with Gasteiger partial charge in [0.1, 0.15) is 16.9 Å². The van der Waals surface area contributed by atoms with E-state index in [4.69, 9.17) is 5.10 Å². The molecule has 4 heterocycles. The standard InChI is InChI=1S/C26H27F2N7S/c1-15-22(27)10-23(28)26(32-15)36-24-9-17(14-34-25(24)18(11-29)12-30-34)21-13-31-35(16(21)2)20-7-5-19(6-8-20)33(3)4/h9-10,12-14,19-20H,5-8H2,1-4H3/t19-,20+. The molecule has 36 heavy (non-hydrogen) atoms. The third-order valence-corrected chi connectivity index (χ3v) is 8.09. The van der Waals surface area contributed by atoms with Crippen LogP contribution in [0.2, 0.25) is 0 Å². The molecule has 1 aliphatic carbocycles. The number of nitrogens with zero attached hydrogens (tertiary/aromatic N) is 7. The topological polar surface area (TPSA) is 75.0 Å². The van der Waals surface area contributed by atoms with Crippen molar-refractivity contribution >= 4 is 17.3 Å². The lowest BCUT2D eigenvalue weighted by atomic mass is 9.90. The molecule has 0 spiro atoms. The van der Waals surface area contributed by atoms with E-state index in [1.54, 1.807) is 4.52 Å². The number of hydrogen-bond acceptors (Lipinski definition) is 6. The zero-order chi connectivity index (χ0) is 25.6. The molecule has 0 unspecified atom stereocenters. The molecule has 0 radical (unpaired) electrons. The molecule has 0 saturated heterocycles. The lowest BCUT2D eigenvalue weighted by Gasteiger charge is -2.33. The minimum atomic E-state index is -0.748. The smallest absolute Gasteiger partial charge is 0.158 e. The lowest BCUT2D eigenvalue weighted by Crippen LogP contribution is -2.33. The molecule has 1 saturated carbocycles. The van der Waals surface area contributed by atoms with E-state index in [9.17, 15) is 14.0 Å². The molecule has 10 heteroatoms. The summed E-state index contributed by atoms with van der Waals surface area (Å²) in [6.07, 6.45) is 9.63. The summed E-state index contributed by atoms with van der Waals surface area (Å²) in [5.41, 5.74) is 3.89. The summed E-state index contributed by atoms with van der Waals surface area (Å²) in [6.45, 7) is 3.56. The van der Waals surface area contributed by atoms with Gasteiger partial charge in [0, 0.05) is 40.0 Å². The monoisotopic (exact) mass is 507 g/mol. The second-order valence-electron chi connectivity index (χ2n) is 9.52. The summed E-state index contributed by atoms with van der Waals surface area (Å²) < 4.78 is 32.1. The van der Waals surface area contributed by atoms with E-state index in [0.29, 0.717) is 28.1 Å². The molecule has 0 N–H and O–H groups in total. The number of hydrogen-bond donors (Lipinski definition) is 0. The highest BCUT2D eigenvalue weighted by Crippen LogP contribution is 2.38. The van der Waals surface area contributed by atoms with Crippen LogP contribution in [0, 0.1) is 36.8 Å². The first kappa shape index (κ1) is 24.4. The largest absolute Gasteiger partial charge is 0.306 e. The van der Waals surface area contributed by atoms with Gasteiger partial charge >= 0.3 is 0 Å². The van der Waals surface area contributed by atoms with Crippen molar-refractivity contribution in [3.63, 3.8) is 0 Å². The Morgan fingerprint density at radius 1 is 1.06 bits per heavy atom. The third-order valence-electron chi connectivity index (χ3n) is 7.07. The van der Waals surface area contributed by atoms with Crippen LogP contribution in [0.5, 0.6) is 0 Å². The van der Waals surface area contributed by atoms with Gasteiger partial charge in [-0.3, -0.25) is 4.68 Å². The molecule has 0 amide bonds. The summed E-state index contributed by atoms with van der Waals surface area (Å²) in [6, 6.07) is 5.85. The third kappa shape index (κ3) is 4.38. The fourth-order valence-electron chi connectivity index (χ4n) is 5.00. The molecule has 4 aromatic heterocycles. The quantitative estimate of drug-likeness (QED) is 0.352. The molecule has 0 aromatic carbocycles. The highest BCUT2D eigenvalue weighted by atomic mass is 32.2. The summed E-state index contributed by atoms with van der Waals surface area (Å²) >= 11 is 1.06. The number of halogens is 2. The molecule has 0 aliphatic heterocycles. The van der Waals surface area contributed by atoms with Gasteiger partial charge in [0.05, 0.1) is 35.2 Å². The lowest BCUT2D eigenvalue weighted by molar-refractivity contribution is 0.188. The Labute approximate surface area is 212 Å². The molecule has 186 valence electrons. The molecule has 5 rings (SSSR count). The van der Waals surface area contributed by atoms with Crippen molar-refractivity contribution in [2.24, 2.45) is 0 Å². The second-order valence-corrected chi connectivity index (χ2v) is 10.5. The van der Waals surface area contributed by atoms with E-state index in [1.165, 1.54) is 13.1 Å². The first-order valence-corrected chi connectivity index (χ1v) is 12.7. The van der Waals surface area contributed by atoms with Crippen LogP contribution in [0.3, 0.4) is 0 Å². The number of aryl methyl sites for hydroxylation is 1. The van der Waals surface area contributed by atoms with Crippen LogP contribution in [-0.2, 0) is 0 Å². The summed E-state index contributed by atoms with van der Waals surface area (Å²) in [7, 11) is 4.27. The second kappa shape index (κ2) is 9.64. The Kier molecular flexibility index (Phi) is 6.53. The van der Waals surface area contributed by atoms with E-state index in [-0.39, 0.29) is 10.7 Å². The maximum absolute atomic E-state index is 14.6. The van der Waals surface area contributed by atoms with Gasteiger partial charge in [0.25, 0.3) is 0 Å². The molecule has 0 bridgehead atoms. The normalized spacial score (nSPS) is 18.2. The van der Waals surface area contributed by atoms with Crippen LogP contribution >= 0.6 is 11.8 Å². The Hall–Kier alpha value is -3.29. The summed E-state index contributed by atoms with van der Waals surface area (Å²) in [5.74, 6) is -1.44. The predicted molar refractivity (Wildman–Crippen MR) is 134 cm³/mol. The number of aromatic nitrogens is 5. The number of fused-ring (bicyclic) bond motifs is 1. The van der Waals surface area contributed by atoms with Crippen LogP contribution in [0.25, 0.3) is 16.6 Å². The maximum atomic E-state index is 14.6. The Morgan fingerprint density at radius 3 is 2.50 bits per heavy atom. The van der Waals surface area contributed by atoms with E-state index in [0.717, 1.165) is 60.3 Å². The Bertz CT molecular complexity index is 1480. The minimum absolute atomic E-state index is 0.0445. The predicted octanol–water partition coefficient (Wildman–Crippen LogP) is 5.56. The number of pyridine rings is 2. The van der Waals surface area contributed by atoms with Gasteiger partial charge in [-0.25, -0.2) is 18.3 Å². The molecule has 7 nitrogen and oxygen atoms in total. The van der Waals surface area contributed by atoms with Crippen LogP contribution in [0.1, 0.15) is 48.7 Å². The van der Waals surface area contributed by atoms with E-state index in [2.05, 4.69) is 46.8 Å². The average Bonchev–Trinajstić information content (AvgIpc) is 3.45. The molecular formula is C26H27F2N7S. The van der Waals surface area contributed by atoms with Crippen molar-refractivity contribution in [3.05, 3.63) is 59.3 Å². The van der Waals surface area contributed by atoms with Crippen molar-refractivity contribution in [3.8, 4) is 17.2 Å². The van der Waals surface area contributed by atoms with Gasteiger partial charge in [0.2, 0.25) is 0 Å². The van der Waals surface area contributed by atoms with Gasteiger partial charge in [-0.15, -0.1) is 0 Å². The van der Waals surface area contributed by atoms with E-state index < -0.39 is 11.6 Å². The number of nitriles is 1. The highest BCUT2D eigenvalue weighted by Gasteiger charge is 2.26. The van der Waals surface area contributed by atoms with Gasteiger partial charge in [-0.2, -0.15) is 15.5 Å². The molecule has 1 aliphatic rings. The molecule has 0 atom stereocenters. The molecular weight excluding hydrogens is 480 g/mol. The Morgan fingerprint density at radius 2 is 1.81 bits per heavy atom. The SMILES string of the molecule is Cc1nc(Sc2cc(-c3cnn([C@H]4CC[C@@H](N(C)C)CC4)c3C)cn3ncc(C#N)c23)c(F)cc1F. The van der Waals surface area contributed by atoms with Crippen LogP contribution in [0.15, 0.2) is 40.6 Å². The van der Waals surface area contributed by atoms with Crippen molar-refractivity contribution < 1.29 is 8.78 Å². The van der Waals surface area contributed by atoms with E-state index >= 15 is 0 Å². The van der Waals surface area contributed by atoms with Crippen molar-refractivity contribution in [1.82, 2.24) is 29.3 Å². The van der Waals surface area contributed by atoms with Crippen molar-refractivity contribution in [2.45, 2.75) is 61.5 Å². The first-order chi connectivity index (χ1) is 17.3. The minimum Gasteiger partial charge on any atom is -0.306 e. The average molecular weight is 508 g/mol. The fourth-order valence-corrected chi connectivity index (χ4v) is 6.03. The van der Waals surface area contributed by atoms with Crippen molar-refractivity contribution in [1.29, 1.82) is 5.26 Å².